The maximum Gasteiger partial charge on any atom is 0.372 e. The van der Waals surface area contributed by atoms with E-state index < -0.39 is 19.3 Å². The molecule has 0 saturated heterocycles. The van der Waals surface area contributed by atoms with Crippen LogP contribution in [0.2, 0.25) is 0 Å². The molecule has 1 atom stereocenters. The van der Waals surface area contributed by atoms with E-state index in [-0.39, 0.29) is 22.8 Å². The fourth-order valence-electron chi connectivity index (χ4n) is 4.84. The van der Waals surface area contributed by atoms with Crippen LogP contribution in [0.1, 0.15) is 22.3 Å². The Kier molecular flexibility index (Phi) is 12.4. The van der Waals surface area contributed by atoms with Gasteiger partial charge in [-0.05, 0) is 65.2 Å². The van der Waals surface area contributed by atoms with Gasteiger partial charge in [0.1, 0.15) is 0 Å². The number of phenolic OH excluding ortho intramolecular Hbond substituents is 1. The zero-order valence-corrected chi connectivity index (χ0v) is 29.7. The predicted molar refractivity (Wildman–Crippen MR) is 187 cm³/mol. The Morgan fingerprint density at radius 3 is 1.36 bits per heavy atom. The van der Waals surface area contributed by atoms with Crippen LogP contribution < -0.4 is 51.8 Å². The van der Waals surface area contributed by atoms with Crippen molar-refractivity contribution in [1.82, 2.24) is 0 Å². The molecule has 0 aliphatic heterocycles. The number of aromatic hydroxyl groups is 1. The molecule has 1 unspecified atom stereocenters. The highest BCUT2D eigenvalue weighted by molar-refractivity contribution is 7.46. The van der Waals surface area contributed by atoms with E-state index in [9.17, 15) is 14.6 Å². The van der Waals surface area contributed by atoms with Gasteiger partial charge in [0.05, 0.1) is 56.9 Å². The molecule has 0 aliphatic carbocycles. The van der Waals surface area contributed by atoms with Gasteiger partial charge in [-0.1, -0.05) is 30.4 Å². The van der Waals surface area contributed by atoms with Gasteiger partial charge >= 0.3 is 7.82 Å². The van der Waals surface area contributed by atoms with Gasteiger partial charge in [-0.2, -0.15) is 0 Å². The van der Waals surface area contributed by atoms with Gasteiger partial charge in [-0.3, -0.25) is 0 Å². The summed E-state index contributed by atoms with van der Waals surface area (Å²) in [6.45, 7) is 0. The summed E-state index contributed by atoms with van der Waals surface area (Å²) >= 11 is 0. The molecule has 0 aromatic heterocycles. The molecule has 0 fully saturated rings. The molecule has 0 radical (unpaired) electrons. The Labute approximate surface area is 290 Å². The van der Waals surface area contributed by atoms with Crippen molar-refractivity contribution in [3.05, 3.63) is 76.9 Å². The van der Waals surface area contributed by atoms with Crippen molar-refractivity contribution in [3.8, 4) is 63.2 Å². The number of phenols is 1. The molecular weight excluding hydrogens is 671 g/mol. The lowest BCUT2D eigenvalue weighted by atomic mass is 10.1. The normalized spacial score (nSPS) is 12.3. The smallest absolute Gasteiger partial charge is 0.372 e. The number of rotatable bonds is 16. The lowest BCUT2D eigenvalue weighted by Crippen LogP contribution is -2.14. The average molecular weight is 710 g/mol. The molecule has 0 saturated carbocycles. The van der Waals surface area contributed by atoms with Crippen LogP contribution in [-0.4, -0.2) is 62.0 Å². The van der Waals surface area contributed by atoms with E-state index in [0.29, 0.717) is 45.6 Å². The van der Waals surface area contributed by atoms with Crippen LogP contribution in [0.4, 0.5) is 0 Å². The van der Waals surface area contributed by atoms with Crippen molar-refractivity contribution in [3.63, 3.8) is 0 Å². The summed E-state index contributed by atoms with van der Waals surface area (Å²) in [5.41, 5.74) is 2.14. The van der Waals surface area contributed by atoms with Crippen LogP contribution in [0.15, 0.2) is 54.6 Å². The molecule has 14 heteroatoms. The van der Waals surface area contributed by atoms with Gasteiger partial charge in [0, 0.05) is 5.56 Å². The first kappa shape index (κ1) is 37.2. The number of hydrogen-bond acceptors (Lipinski definition) is 13. The largest absolute Gasteiger partial charge is 0.736 e. The molecule has 0 heterocycles. The summed E-state index contributed by atoms with van der Waals surface area (Å²) in [5, 5.41) is 11.1. The third-order valence-corrected chi connectivity index (χ3v) is 8.07. The molecule has 0 bridgehead atoms. The zero-order valence-electron chi connectivity index (χ0n) is 28.8. The number of methoxy groups -OCH3 is 8. The van der Waals surface area contributed by atoms with E-state index in [1.54, 1.807) is 54.6 Å². The fraction of sp³-hybridized carbons (Fsp3) is 0.222. The first-order valence-corrected chi connectivity index (χ1v) is 16.3. The number of ether oxygens (including phenoxy) is 8. The Morgan fingerprint density at radius 1 is 0.480 bits per heavy atom. The highest BCUT2D eigenvalue weighted by Crippen LogP contribution is 2.51. The number of benzene rings is 4. The van der Waals surface area contributed by atoms with Crippen molar-refractivity contribution < 1.29 is 61.5 Å². The second-order valence-electron chi connectivity index (χ2n) is 10.2. The summed E-state index contributed by atoms with van der Waals surface area (Å²) in [7, 11) is 6.48. The predicted octanol–water partition coefficient (Wildman–Crippen LogP) is 6.73. The van der Waals surface area contributed by atoms with Gasteiger partial charge in [0.25, 0.3) is 0 Å². The van der Waals surface area contributed by atoms with Gasteiger partial charge in [0.15, 0.2) is 46.0 Å². The summed E-state index contributed by atoms with van der Waals surface area (Å²) < 4.78 is 66.9. The Hall–Kier alpha value is -5.65. The highest BCUT2D eigenvalue weighted by Gasteiger charge is 2.23. The van der Waals surface area contributed by atoms with Gasteiger partial charge in [0.2, 0.25) is 17.2 Å². The molecule has 4 rings (SSSR count). The van der Waals surface area contributed by atoms with Crippen LogP contribution in [0, 0.1) is 0 Å². The molecule has 50 heavy (non-hydrogen) atoms. The standard InChI is InChI=1S/C36H39O13P/c1-40-26-15-12-22(9-10-23-18-29(42-3)34(46-7)30(19-23)43-4)17-28(26)48-50(38,39)49-36-27(41-2)16-14-25(33(36)37)13-11-24-20-31(44-5)35(47-8)32(21-24)45-6/h9-21,37H,1-8H3,(H,38,39)/p-1/b10-9-,13-11-. The number of hydrogen-bond donors (Lipinski definition) is 1. The minimum Gasteiger partial charge on any atom is -0.736 e. The first-order valence-electron chi connectivity index (χ1n) is 14.8. The molecule has 0 spiro atoms. The molecule has 4 aromatic carbocycles. The average Bonchev–Trinajstić information content (AvgIpc) is 3.12. The summed E-state index contributed by atoms with van der Waals surface area (Å²) in [6, 6.07) is 14.6. The van der Waals surface area contributed by atoms with Crippen LogP contribution in [-0.2, 0) is 4.57 Å². The quantitative estimate of drug-likeness (QED) is 0.0968. The molecular formula is C36H38O13P-. The van der Waals surface area contributed by atoms with Crippen molar-refractivity contribution >= 4 is 32.1 Å². The fourth-order valence-corrected chi connectivity index (χ4v) is 5.67. The van der Waals surface area contributed by atoms with E-state index in [1.165, 1.54) is 81.1 Å². The van der Waals surface area contributed by atoms with Crippen molar-refractivity contribution in [2.45, 2.75) is 0 Å². The third-order valence-electron chi connectivity index (χ3n) is 7.25. The number of phosphoric ester groups is 1. The Morgan fingerprint density at radius 2 is 0.900 bits per heavy atom. The van der Waals surface area contributed by atoms with Crippen molar-refractivity contribution in [1.29, 1.82) is 0 Å². The van der Waals surface area contributed by atoms with E-state index in [1.807, 2.05) is 0 Å². The SMILES string of the molecule is COc1ccc(/C=C\c2cc(OC)c(OC)c(OC)c2)cc1OP(=O)([O-])Oc1c(OC)ccc(/C=C\c2cc(OC)c(OC)c(OC)c2)c1O. The van der Waals surface area contributed by atoms with Gasteiger partial charge in [-0.25, -0.2) is 4.57 Å². The topological polar surface area (TPSA) is 153 Å². The Balaban J connectivity index is 1.62. The lowest BCUT2D eigenvalue weighted by Gasteiger charge is -2.26. The summed E-state index contributed by atoms with van der Waals surface area (Å²) in [6.07, 6.45) is 6.70. The second-order valence-corrected chi connectivity index (χ2v) is 11.4. The number of phosphoric acid groups is 1. The Bertz CT molecular complexity index is 1870. The summed E-state index contributed by atoms with van der Waals surface area (Å²) in [4.78, 5) is 13.3. The van der Waals surface area contributed by atoms with Crippen LogP contribution >= 0.6 is 7.82 Å². The first-order chi connectivity index (χ1) is 24.0. The van der Waals surface area contributed by atoms with E-state index in [2.05, 4.69) is 0 Å². The molecule has 13 nitrogen and oxygen atoms in total. The van der Waals surface area contributed by atoms with Gasteiger partial charge in [-0.15, -0.1) is 0 Å². The maximum absolute atomic E-state index is 13.3. The molecule has 0 amide bonds. The molecule has 0 aliphatic rings. The van der Waals surface area contributed by atoms with Crippen molar-refractivity contribution in [2.75, 3.05) is 56.9 Å². The van der Waals surface area contributed by atoms with Crippen molar-refractivity contribution in [2.24, 2.45) is 0 Å². The van der Waals surface area contributed by atoms with Crippen LogP contribution in [0.5, 0.6) is 63.2 Å². The van der Waals surface area contributed by atoms with Crippen LogP contribution in [0.25, 0.3) is 24.3 Å². The molecule has 4 aromatic rings. The third kappa shape index (κ3) is 8.49. The van der Waals surface area contributed by atoms with E-state index >= 15 is 0 Å². The summed E-state index contributed by atoms with van der Waals surface area (Å²) in [5.74, 6) is 1.56. The minimum atomic E-state index is -5.21. The lowest BCUT2D eigenvalue weighted by molar-refractivity contribution is -0.208. The van der Waals surface area contributed by atoms with Crippen LogP contribution in [0.3, 0.4) is 0 Å². The van der Waals surface area contributed by atoms with E-state index in [0.717, 1.165) is 5.56 Å². The minimum absolute atomic E-state index is 0.0545. The van der Waals surface area contributed by atoms with Gasteiger partial charge < -0.3 is 56.9 Å². The second kappa shape index (κ2) is 16.6. The zero-order chi connectivity index (χ0) is 36.4. The highest BCUT2D eigenvalue weighted by atomic mass is 31.2. The van der Waals surface area contributed by atoms with E-state index in [4.69, 9.17) is 46.9 Å². The monoisotopic (exact) mass is 709 g/mol. The molecule has 266 valence electrons. The molecule has 1 N–H and O–H groups in total. The maximum atomic E-state index is 13.3.